The van der Waals surface area contributed by atoms with Crippen molar-refractivity contribution >= 4 is 5.97 Å². The zero-order valence-electron chi connectivity index (χ0n) is 15.3. The van der Waals surface area contributed by atoms with Gasteiger partial charge in [-0.15, -0.1) is 0 Å². The lowest BCUT2D eigenvalue weighted by Crippen LogP contribution is -2.03. The highest BCUT2D eigenvalue weighted by molar-refractivity contribution is 5.69. The molecule has 3 heteroatoms. The molecule has 0 amide bonds. The Morgan fingerprint density at radius 1 is 0.826 bits per heavy atom. The number of carbonyl (C=O) groups excluding carboxylic acids is 1. The van der Waals surface area contributed by atoms with E-state index in [2.05, 4.69) is 0 Å². The Morgan fingerprint density at radius 2 is 1.26 bits per heavy atom. The van der Waals surface area contributed by atoms with E-state index >= 15 is 0 Å². The molecular weight excluding hydrogens is 288 g/mol. The fraction of sp³-hybridized carbons (Fsp3) is 0.950. The second-order valence-electron chi connectivity index (χ2n) is 6.90. The zero-order valence-corrected chi connectivity index (χ0v) is 15.3. The third kappa shape index (κ3) is 14.7. The van der Waals surface area contributed by atoms with Crippen molar-refractivity contribution in [3.05, 3.63) is 0 Å². The number of esters is 1. The van der Waals surface area contributed by atoms with Gasteiger partial charge in [0.15, 0.2) is 0 Å². The van der Waals surface area contributed by atoms with Crippen molar-refractivity contribution in [2.75, 3.05) is 13.2 Å². The Balaban J connectivity index is 1.64. The largest absolute Gasteiger partial charge is 0.466 e. The molecule has 136 valence electrons. The van der Waals surface area contributed by atoms with Crippen LogP contribution in [-0.2, 0) is 14.3 Å². The lowest BCUT2D eigenvalue weighted by Gasteiger charge is -2.03. The van der Waals surface area contributed by atoms with Crippen LogP contribution >= 0.6 is 0 Å². The number of epoxide rings is 1. The van der Waals surface area contributed by atoms with Crippen LogP contribution in [0.4, 0.5) is 0 Å². The van der Waals surface area contributed by atoms with Crippen LogP contribution in [0.5, 0.6) is 0 Å². The molecule has 1 aliphatic heterocycles. The first-order chi connectivity index (χ1) is 11.3. The SMILES string of the molecule is CCOC(=O)CCCCCCCCCCCCCCCC1CO1. The van der Waals surface area contributed by atoms with E-state index in [1.165, 1.54) is 83.5 Å². The Labute approximate surface area is 143 Å². The molecule has 1 atom stereocenters. The molecule has 0 spiro atoms. The molecule has 1 fully saturated rings. The Bertz CT molecular complexity index is 274. The molecule has 0 aliphatic carbocycles. The van der Waals surface area contributed by atoms with Gasteiger partial charge in [0.1, 0.15) is 0 Å². The third-order valence-electron chi connectivity index (χ3n) is 4.61. The fourth-order valence-electron chi connectivity index (χ4n) is 3.05. The van der Waals surface area contributed by atoms with Gasteiger partial charge in [-0.05, 0) is 19.8 Å². The van der Waals surface area contributed by atoms with Gasteiger partial charge in [-0.3, -0.25) is 4.79 Å². The number of hydrogen-bond acceptors (Lipinski definition) is 3. The van der Waals surface area contributed by atoms with Crippen LogP contribution in [-0.4, -0.2) is 25.3 Å². The number of unbranched alkanes of at least 4 members (excludes halogenated alkanes) is 12. The molecule has 1 heterocycles. The first kappa shape index (κ1) is 20.5. The van der Waals surface area contributed by atoms with Crippen LogP contribution in [0.25, 0.3) is 0 Å². The molecule has 0 aromatic rings. The van der Waals surface area contributed by atoms with Crippen LogP contribution in [0, 0.1) is 0 Å². The number of carbonyl (C=O) groups is 1. The van der Waals surface area contributed by atoms with E-state index in [0.29, 0.717) is 19.1 Å². The van der Waals surface area contributed by atoms with E-state index in [9.17, 15) is 4.79 Å². The van der Waals surface area contributed by atoms with Gasteiger partial charge in [0.05, 0.1) is 19.3 Å². The monoisotopic (exact) mass is 326 g/mol. The molecule has 3 nitrogen and oxygen atoms in total. The molecule has 23 heavy (non-hydrogen) atoms. The van der Waals surface area contributed by atoms with Gasteiger partial charge in [-0.2, -0.15) is 0 Å². The molecular formula is C20H38O3. The summed E-state index contributed by atoms with van der Waals surface area (Å²) in [7, 11) is 0. The van der Waals surface area contributed by atoms with E-state index in [1.807, 2.05) is 6.92 Å². The van der Waals surface area contributed by atoms with Crippen molar-refractivity contribution < 1.29 is 14.3 Å². The molecule has 0 N–H and O–H groups in total. The summed E-state index contributed by atoms with van der Waals surface area (Å²) in [5.41, 5.74) is 0. The molecule has 1 aliphatic rings. The minimum Gasteiger partial charge on any atom is -0.466 e. The van der Waals surface area contributed by atoms with Crippen molar-refractivity contribution in [1.82, 2.24) is 0 Å². The van der Waals surface area contributed by atoms with Crippen LogP contribution in [0.3, 0.4) is 0 Å². The summed E-state index contributed by atoms with van der Waals surface area (Å²) in [5.74, 6) is -0.0339. The third-order valence-corrected chi connectivity index (χ3v) is 4.61. The van der Waals surface area contributed by atoms with E-state index in [-0.39, 0.29) is 5.97 Å². The Morgan fingerprint density at radius 3 is 1.70 bits per heavy atom. The number of ether oxygens (including phenoxy) is 2. The van der Waals surface area contributed by atoms with E-state index in [0.717, 1.165) is 13.0 Å². The molecule has 1 rings (SSSR count). The van der Waals surface area contributed by atoms with Gasteiger partial charge < -0.3 is 9.47 Å². The maximum absolute atomic E-state index is 11.2. The highest BCUT2D eigenvalue weighted by Crippen LogP contribution is 2.18. The fourth-order valence-corrected chi connectivity index (χ4v) is 3.05. The lowest BCUT2D eigenvalue weighted by molar-refractivity contribution is -0.143. The number of rotatable bonds is 17. The molecule has 0 radical (unpaired) electrons. The Kier molecular flexibility index (Phi) is 13.3. The second kappa shape index (κ2) is 15.0. The molecule has 0 aromatic heterocycles. The summed E-state index contributed by atoms with van der Waals surface area (Å²) >= 11 is 0. The predicted molar refractivity (Wildman–Crippen MR) is 95.6 cm³/mol. The average Bonchev–Trinajstić information content (AvgIpc) is 3.35. The van der Waals surface area contributed by atoms with Crippen molar-refractivity contribution in [2.24, 2.45) is 0 Å². The smallest absolute Gasteiger partial charge is 0.305 e. The molecule has 0 saturated carbocycles. The summed E-state index contributed by atoms with van der Waals surface area (Å²) in [6.45, 7) is 3.39. The van der Waals surface area contributed by atoms with Gasteiger partial charge in [0, 0.05) is 6.42 Å². The van der Waals surface area contributed by atoms with Crippen LogP contribution < -0.4 is 0 Å². The van der Waals surface area contributed by atoms with E-state index in [1.54, 1.807) is 0 Å². The minimum atomic E-state index is -0.0339. The van der Waals surface area contributed by atoms with Gasteiger partial charge in [-0.25, -0.2) is 0 Å². The first-order valence-electron chi connectivity index (χ1n) is 10.1. The van der Waals surface area contributed by atoms with E-state index in [4.69, 9.17) is 9.47 Å². The normalized spacial score (nSPS) is 16.5. The molecule has 0 bridgehead atoms. The topological polar surface area (TPSA) is 38.8 Å². The highest BCUT2D eigenvalue weighted by Gasteiger charge is 2.20. The van der Waals surface area contributed by atoms with Crippen LogP contribution in [0.1, 0.15) is 103 Å². The van der Waals surface area contributed by atoms with Crippen molar-refractivity contribution in [3.8, 4) is 0 Å². The maximum atomic E-state index is 11.2. The predicted octanol–water partition coefficient (Wildman–Crippen LogP) is 5.80. The van der Waals surface area contributed by atoms with Crippen molar-refractivity contribution in [3.63, 3.8) is 0 Å². The standard InChI is InChI=1S/C20H38O3/c1-2-22-20(21)17-15-13-11-9-7-5-3-4-6-8-10-12-14-16-19-18-23-19/h19H,2-18H2,1H3. The quantitative estimate of drug-likeness (QED) is 0.193. The lowest BCUT2D eigenvalue weighted by atomic mass is 10.0. The van der Waals surface area contributed by atoms with Crippen molar-refractivity contribution in [1.29, 1.82) is 0 Å². The van der Waals surface area contributed by atoms with Crippen LogP contribution in [0.15, 0.2) is 0 Å². The van der Waals surface area contributed by atoms with Crippen molar-refractivity contribution in [2.45, 2.75) is 109 Å². The highest BCUT2D eigenvalue weighted by atomic mass is 16.6. The van der Waals surface area contributed by atoms with E-state index < -0.39 is 0 Å². The minimum absolute atomic E-state index is 0.0339. The maximum Gasteiger partial charge on any atom is 0.305 e. The molecule has 1 saturated heterocycles. The van der Waals surface area contributed by atoms with Gasteiger partial charge >= 0.3 is 5.97 Å². The first-order valence-corrected chi connectivity index (χ1v) is 10.1. The number of hydrogen-bond donors (Lipinski definition) is 0. The molecule has 0 aromatic carbocycles. The summed E-state index contributed by atoms with van der Waals surface area (Å²) in [6, 6.07) is 0. The summed E-state index contributed by atoms with van der Waals surface area (Å²) in [4.78, 5) is 11.2. The summed E-state index contributed by atoms with van der Waals surface area (Å²) < 4.78 is 10.1. The average molecular weight is 327 g/mol. The second-order valence-corrected chi connectivity index (χ2v) is 6.90. The van der Waals surface area contributed by atoms with Gasteiger partial charge in [0.25, 0.3) is 0 Å². The zero-order chi connectivity index (χ0) is 16.6. The Hall–Kier alpha value is -0.570. The summed E-state index contributed by atoms with van der Waals surface area (Å²) in [6.07, 6.45) is 19.8. The van der Waals surface area contributed by atoms with Gasteiger partial charge in [-0.1, -0.05) is 77.0 Å². The van der Waals surface area contributed by atoms with Crippen LogP contribution in [0.2, 0.25) is 0 Å². The summed E-state index contributed by atoms with van der Waals surface area (Å²) in [5, 5.41) is 0. The van der Waals surface area contributed by atoms with Gasteiger partial charge in [0.2, 0.25) is 0 Å². The molecule has 1 unspecified atom stereocenters.